The molecule has 4 aliphatic rings. The van der Waals surface area contributed by atoms with E-state index in [1.165, 1.54) is 0 Å². The molecule has 2 aromatic heterocycles. The third-order valence-electron chi connectivity index (χ3n) is 8.04. The van der Waals surface area contributed by atoms with Gasteiger partial charge in [-0.2, -0.15) is 5.10 Å². The second-order valence-corrected chi connectivity index (χ2v) is 12.0. The zero-order chi connectivity index (χ0) is 26.1. The smallest absolute Gasteiger partial charge is 0.228 e. The monoisotopic (exact) mass is 547 g/mol. The van der Waals surface area contributed by atoms with Crippen LogP contribution in [-0.4, -0.2) is 64.1 Å². The number of pyridine rings is 1. The van der Waals surface area contributed by atoms with E-state index < -0.39 is 0 Å². The average molecular weight is 548 g/mol. The summed E-state index contributed by atoms with van der Waals surface area (Å²) in [7, 11) is 0. The largest absolute Gasteiger partial charge is 0.348 e. The number of piperidine rings is 1. The number of aromatic nitrogens is 2. The molecule has 0 radical (unpaired) electrons. The molecule has 0 aromatic carbocycles. The van der Waals surface area contributed by atoms with E-state index in [0.29, 0.717) is 5.92 Å². The Morgan fingerprint density at radius 1 is 1.16 bits per heavy atom. The molecule has 0 bridgehead atoms. The number of hydrogen-bond acceptors (Lipinski definition) is 9. The number of aryl methyl sites for hydroxylation is 1. The van der Waals surface area contributed by atoms with Gasteiger partial charge in [-0.05, 0) is 62.9 Å². The Labute approximate surface area is 232 Å². The van der Waals surface area contributed by atoms with Crippen LogP contribution in [0.2, 0.25) is 0 Å². The minimum Gasteiger partial charge on any atom is -0.348 e. The lowest BCUT2D eigenvalue weighted by atomic mass is 9.88. The number of nitrogens with one attached hydrogen (secondary N) is 2. The van der Waals surface area contributed by atoms with Crippen molar-refractivity contribution in [3.05, 3.63) is 64.7 Å². The van der Waals surface area contributed by atoms with Crippen LogP contribution in [0.5, 0.6) is 0 Å². The Hall–Kier alpha value is -2.95. The Morgan fingerprint density at radius 2 is 2.00 bits per heavy atom. The van der Waals surface area contributed by atoms with Gasteiger partial charge in [-0.3, -0.25) is 20.1 Å². The van der Waals surface area contributed by atoms with Gasteiger partial charge in [-0.1, -0.05) is 12.2 Å². The van der Waals surface area contributed by atoms with Crippen molar-refractivity contribution in [2.24, 2.45) is 22.9 Å². The molecule has 2 aromatic rings. The van der Waals surface area contributed by atoms with Crippen LogP contribution in [0, 0.1) is 24.7 Å². The number of carbonyl (C=O) groups excluding carboxylic acids is 1. The van der Waals surface area contributed by atoms with Crippen molar-refractivity contribution in [3.63, 3.8) is 0 Å². The number of thiazole rings is 1. The van der Waals surface area contributed by atoms with Crippen molar-refractivity contribution in [1.29, 1.82) is 0 Å². The maximum Gasteiger partial charge on any atom is 0.228 e. The number of fused-ring (bicyclic) bond motifs is 1. The Kier molecular flexibility index (Phi) is 7.36. The minimum atomic E-state index is -0.00600. The zero-order valence-electron chi connectivity index (χ0n) is 21.6. The molecule has 1 aliphatic carbocycles. The fourth-order valence-corrected chi connectivity index (χ4v) is 7.01. The molecule has 0 saturated carbocycles. The highest BCUT2D eigenvalue weighted by Gasteiger charge is 2.34. The lowest BCUT2D eigenvalue weighted by Gasteiger charge is -2.33. The first-order valence-corrected chi connectivity index (χ1v) is 14.7. The van der Waals surface area contributed by atoms with Crippen LogP contribution in [0.15, 0.2) is 58.6 Å². The van der Waals surface area contributed by atoms with E-state index in [1.807, 2.05) is 42.9 Å². The highest BCUT2D eigenvalue weighted by Crippen LogP contribution is 2.31. The predicted molar refractivity (Wildman–Crippen MR) is 155 cm³/mol. The molecule has 2 unspecified atom stereocenters. The van der Waals surface area contributed by atoms with E-state index in [-0.39, 0.29) is 17.7 Å². The van der Waals surface area contributed by atoms with Crippen LogP contribution in [-0.2, 0) is 4.79 Å². The third-order valence-corrected chi connectivity index (χ3v) is 9.33. The van der Waals surface area contributed by atoms with Crippen LogP contribution >= 0.6 is 23.6 Å². The molecule has 2 saturated heterocycles. The number of rotatable bonds is 7. The van der Waals surface area contributed by atoms with Crippen LogP contribution in [0.25, 0.3) is 0 Å². The van der Waals surface area contributed by atoms with Gasteiger partial charge in [0.2, 0.25) is 5.91 Å². The lowest BCUT2D eigenvalue weighted by molar-refractivity contribution is -0.123. The summed E-state index contributed by atoms with van der Waals surface area (Å²) < 4.78 is 0. The van der Waals surface area contributed by atoms with Crippen LogP contribution in [0.1, 0.15) is 36.9 Å². The number of hydrazone groups is 1. The summed E-state index contributed by atoms with van der Waals surface area (Å²) in [6, 6.07) is 4.05. The van der Waals surface area contributed by atoms with Crippen molar-refractivity contribution in [1.82, 2.24) is 25.6 Å². The number of anilines is 1. The number of hydrogen-bond donors (Lipinski definition) is 2. The van der Waals surface area contributed by atoms with Gasteiger partial charge in [0, 0.05) is 77.9 Å². The van der Waals surface area contributed by atoms with Crippen molar-refractivity contribution >= 4 is 45.2 Å². The minimum absolute atomic E-state index is 0.00600. The Bertz CT molecular complexity index is 1290. The second kappa shape index (κ2) is 11.0. The summed E-state index contributed by atoms with van der Waals surface area (Å²) in [4.78, 5) is 27.8. The normalized spacial score (nSPS) is 23.8. The molecule has 8 nitrogen and oxygen atoms in total. The Balaban J connectivity index is 0.982. The Morgan fingerprint density at radius 3 is 2.79 bits per heavy atom. The highest BCUT2D eigenvalue weighted by atomic mass is 32.1. The van der Waals surface area contributed by atoms with E-state index in [2.05, 4.69) is 41.7 Å². The molecule has 6 rings (SSSR count). The van der Waals surface area contributed by atoms with Gasteiger partial charge in [-0.25, -0.2) is 4.98 Å². The molecule has 3 aliphatic heterocycles. The maximum absolute atomic E-state index is 13.2. The number of carbonyl (C=O) groups is 1. The van der Waals surface area contributed by atoms with Crippen molar-refractivity contribution < 1.29 is 4.79 Å². The first kappa shape index (κ1) is 25.3. The first-order chi connectivity index (χ1) is 18.5. The first-order valence-electron chi connectivity index (χ1n) is 13.4. The molecule has 198 valence electrons. The van der Waals surface area contributed by atoms with Gasteiger partial charge >= 0.3 is 0 Å². The highest BCUT2D eigenvalue weighted by molar-refractivity contribution is 7.80. The van der Waals surface area contributed by atoms with Crippen LogP contribution in [0.3, 0.4) is 0 Å². The van der Waals surface area contributed by atoms with Crippen molar-refractivity contribution in [2.75, 3.05) is 37.6 Å². The maximum atomic E-state index is 13.2. The summed E-state index contributed by atoms with van der Waals surface area (Å²) in [5.74, 6) is 0.704. The summed E-state index contributed by atoms with van der Waals surface area (Å²) in [5.41, 5.74) is 8.23. The lowest BCUT2D eigenvalue weighted by Crippen LogP contribution is -2.39. The van der Waals surface area contributed by atoms with E-state index in [9.17, 15) is 4.79 Å². The van der Waals surface area contributed by atoms with Gasteiger partial charge in [0.25, 0.3) is 0 Å². The third kappa shape index (κ3) is 5.43. The van der Waals surface area contributed by atoms with E-state index in [1.54, 1.807) is 11.3 Å². The van der Waals surface area contributed by atoms with E-state index in [0.717, 1.165) is 96.8 Å². The van der Waals surface area contributed by atoms with E-state index in [4.69, 9.17) is 12.2 Å². The molecule has 2 N–H and O–H groups in total. The van der Waals surface area contributed by atoms with Crippen LogP contribution < -0.4 is 15.6 Å². The molecular formula is C28H33N7OS2. The van der Waals surface area contributed by atoms with Gasteiger partial charge in [0.15, 0.2) is 5.13 Å². The van der Waals surface area contributed by atoms with E-state index >= 15 is 0 Å². The fraction of sp³-hybridized carbons (Fsp3) is 0.464. The van der Waals surface area contributed by atoms with Crippen molar-refractivity contribution in [2.45, 2.75) is 32.6 Å². The molecule has 2 fully saturated rings. The van der Waals surface area contributed by atoms with Gasteiger partial charge < -0.3 is 10.2 Å². The summed E-state index contributed by atoms with van der Waals surface area (Å²) in [6.07, 6.45) is 11.5. The topological polar surface area (TPSA) is 85.8 Å². The number of thiocarbonyl (C=S) groups is 1. The number of amides is 1. The summed E-state index contributed by atoms with van der Waals surface area (Å²) in [6.45, 7) is 6.52. The summed E-state index contributed by atoms with van der Waals surface area (Å²) in [5, 5.41) is 10.9. The number of nitrogens with zero attached hydrogens (tertiary/aromatic N) is 5. The SMILES string of the molecule is Cc1cc(C2=NNC3=CC=C(NC(=O)C4CCN(CC(=S)C5CCN(c6nccs6)CC5)C4)CC32)ccn1. The predicted octanol–water partition coefficient (Wildman–Crippen LogP) is 3.67. The molecule has 38 heavy (non-hydrogen) atoms. The summed E-state index contributed by atoms with van der Waals surface area (Å²) >= 11 is 7.58. The van der Waals surface area contributed by atoms with Crippen LogP contribution in [0.4, 0.5) is 5.13 Å². The fourth-order valence-electron chi connectivity index (χ4n) is 5.89. The number of likely N-dealkylation sites (tertiary alicyclic amines) is 1. The molecule has 5 heterocycles. The second-order valence-electron chi connectivity index (χ2n) is 10.6. The quantitative estimate of drug-likeness (QED) is 0.512. The molecule has 10 heteroatoms. The molecule has 1 amide bonds. The van der Waals surface area contributed by atoms with Gasteiger partial charge in [-0.15, -0.1) is 11.3 Å². The average Bonchev–Trinajstić information content (AvgIpc) is 3.70. The number of allylic oxidation sites excluding steroid dienone is 4. The molecule has 0 spiro atoms. The van der Waals surface area contributed by atoms with Gasteiger partial charge in [0.1, 0.15) is 0 Å². The van der Waals surface area contributed by atoms with Crippen molar-refractivity contribution in [3.8, 4) is 0 Å². The molecule has 2 atom stereocenters. The van der Waals surface area contributed by atoms with Gasteiger partial charge in [0.05, 0.1) is 17.5 Å². The molecular weight excluding hydrogens is 514 g/mol. The zero-order valence-corrected chi connectivity index (χ0v) is 23.2. The standard InChI is InChI=1S/C28H33N7OS2/c1-18-14-20(4-8-29-18)26-23-15-22(2-3-24(23)32-33-26)31-27(36)21-5-10-34(16-21)17-25(37)19-6-11-35(12-7-19)28-30-9-13-38-28/h2-4,8-9,13-14,19,21,23,32H,5-7,10-12,15-17H2,1H3,(H,31,36).